The Balaban J connectivity index is 1.39. The van der Waals surface area contributed by atoms with E-state index in [-0.39, 0.29) is 0 Å². The Hall–Kier alpha value is -1.02. The number of hydrogen-bond donors (Lipinski definition) is 1. The van der Waals surface area contributed by atoms with E-state index in [2.05, 4.69) is 24.3 Å². The van der Waals surface area contributed by atoms with Gasteiger partial charge in [0.25, 0.3) is 0 Å². The third-order valence-electron chi connectivity index (χ3n) is 6.16. The van der Waals surface area contributed by atoms with Gasteiger partial charge in [-0.1, -0.05) is 50.7 Å². The van der Waals surface area contributed by atoms with Crippen LogP contribution in [0.25, 0.3) is 0 Å². The summed E-state index contributed by atoms with van der Waals surface area (Å²) in [5.74, 6) is 2.56. The molecular weight excluding hydrogens is 294 g/mol. The molecule has 2 aliphatic carbocycles. The second-order valence-corrected chi connectivity index (χ2v) is 8.06. The molecule has 0 heterocycles. The van der Waals surface area contributed by atoms with E-state index in [1.165, 1.54) is 69.8 Å². The third kappa shape index (κ3) is 5.51. The Morgan fingerprint density at radius 1 is 0.875 bits per heavy atom. The fourth-order valence-corrected chi connectivity index (χ4v) is 4.45. The summed E-state index contributed by atoms with van der Waals surface area (Å²) in [5.41, 5.74) is 7.83. The molecule has 0 amide bonds. The van der Waals surface area contributed by atoms with Crippen molar-refractivity contribution >= 4 is 0 Å². The zero-order chi connectivity index (χ0) is 16.6. The molecular formula is C22H35NO. The van der Waals surface area contributed by atoms with Crippen LogP contribution in [0.15, 0.2) is 24.3 Å². The summed E-state index contributed by atoms with van der Waals surface area (Å²) >= 11 is 0. The second kappa shape index (κ2) is 9.46. The molecule has 0 bridgehead atoms. The molecule has 0 aromatic heterocycles. The standard InChI is InChI=1S/C22H35NO/c23-22(20-9-5-2-6-10-20)16-13-18-11-14-21(15-12-18)24-17-19-7-3-1-4-8-19/h11-12,14-15,19-20,22H,1-10,13,16-17,23H2. The van der Waals surface area contributed by atoms with Crippen molar-refractivity contribution in [2.45, 2.75) is 83.1 Å². The molecule has 0 saturated heterocycles. The Kier molecular flexibility index (Phi) is 7.01. The zero-order valence-electron chi connectivity index (χ0n) is 15.2. The van der Waals surface area contributed by atoms with Crippen molar-refractivity contribution in [3.8, 4) is 5.75 Å². The minimum atomic E-state index is 0.382. The van der Waals surface area contributed by atoms with Crippen LogP contribution in [-0.2, 0) is 6.42 Å². The van der Waals surface area contributed by atoms with E-state index in [0.717, 1.165) is 37.0 Å². The highest BCUT2D eigenvalue weighted by Crippen LogP contribution is 2.28. The van der Waals surface area contributed by atoms with Gasteiger partial charge in [-0.15, -0.1) is 0 Å². The van der Waals surface area contributed by atoms with Crippen LogP contribution >= 0.6 is 0 Å². The van der Waals surface area contributed by atoms with Gasteiger partial charge < -0.3 is 10.5 Å². The lowest BCUT2D eigenvalue weighted by Gasteiger charge is -2.27. The number of nitrogens with two attached hydrogens (primary N) is 1. The smallest absolute Gasteiger partial charge is 0.119 e. The molecule has 2 aliphatic rings. The van der Waals surface area contributed by atoms with Crippen LogP contribution in [0.4, 0.5) is 0 Å². The monoisotopic (exact) mass is 329 g/mol. The molecule has 2 N–H and O–H groups in total. The molecule has 2 heteroatoms. The van der Waals surface area contributed by atoms with Crippen molar-refractivity contribution in [3.63, 3.8) is 0 Å². The molecule has 0 spiro atoms. The van der Waals surface area contributed by atoms with Crippen molar-refractivity contribution < 1.29 is 4.74 Å². The molecule has 1 aromatic rings. The molecule has 2 nitrogen and oxygen atoms in total. The van der Waals surface area contributed by atoms with E-state index >= 15 is 0 Å². The average molecular weight is 330 g/mol. The van der Waals surface area contributed by atoms with Crippen LogP contribution in [0.3, 0.4) is 0 Å². The van der Waals surface area contributed by atoms with Gasteiger partial charge in [-0.3, -0.25) is 0 Å². The molecule has 24 heavy (non-hydrogen) atoms. The van der Waals surface area contributed by atoms with Gasteiger partial charge in [0.1, 0.15) is 5.75 Å². The topological polar surface area (TPSA) is 35.2 Å². The molecule has 1 unspecified atom stereocenters. The molecule has 3 rings (SSSR count). The lowest BCUT2D eigenvalue weighted by molar-refractivity contribution is 0.209. The summed E-state index contributed by atoms with van der Waals surface area (Å²) < 4.78 is 6.00. The highest BCUT2D eigenvalue weighted by molar-refractivity contribution is 5.27. The van der Waals surface area contributed by atoms with Crippen LogP contribution in [0, 0.1) is 11.8 Å². The van der Waals surface area contributed by atoms with Gasteiger partial charge in [0.05, 0.1) is 6.61 Å². The molecule has 2 fully saturated rings. The number of hydrogen-bond acceptors (Lipinski definition) is 2. The number of benzene rings is 1. The lowest BCUT2D eigenvalue weighted by atomic mass is 9.82. The first-order chi connectivity index (χ1) is 11.8. The first-order valence-electron chi connectivity index (χ1n) is 10.3. The Labute approximate surface area is 148 Å². The van der Waals surface area contributed by atoms with Gasteiger partial charge in [0.2, 0.25) is 0 Å². The summed E-state index contributed by atoms with van der Waals surface area (Å²) in [6, 6.07) is 9.12. The molecule has 0 aliphatic heterocycles. The Bertz CT molecular complexity index is 457. The Morgan fingerprint density at radius 2 is 1.50 bits per heavy atom. The van der Waals surface area contributed by atoms with Gasteiger partial charge in [0.15, 0.2) is 0 Å². The first-order valence-corrected chi connectivity index (χ1v) is 10.3. The van der Waals surface area contributed by atoms with E-state index in [1.54, 1.807) is 0 Å². The van der Waals surface area contributed by atoms with Crippen LogP contribution in [0.1, 0.15) is 76.2 Å². The van der Waals surface area contributed by atoms with Crippen molar-refractivity contribution in [1.82, 2.24) is 0 Å². The predicted molar refractivity (Wildman–Crippen MR) is 101 cm³/mol. The maximum absolute atomic E-state index is 6.43. The van der Waals surface area contributed by atoms with Crippen LogP contribution in [0.5, 0.6) is 5.75 Å². The van der Waals surface area contributed by atoms with Crippen molar-refractivity contribution in [2.24, 2.45) is 17.6 Å². The maximum atomic E-state index is 6.43. The van der Waals surface area contributed by atoms with E-state index in [0.29, 0.717) is 6.04 Å². The minimum absolute atomic E-state index is 0.382. The summed E-state index contributed by atoms with van der Waals surface area (Å²) in [7, 11) is 0. The highest BCUT2D eigenvalue weighted by atomic mass is 16.5. The average Bonchev–Trinajstić information content (AvgIpc) is 2.67. The summed E-state index contributed by atoms with van der Waals surface area (Å²) in [4.78, 5) is 0. The Morgan fingerprint density at radius 3 is 2.17 bits per heavy atom. The quantitative estimate of drug-likeness (QED) is 0.718. The highest BCUT2D eigenvalue weighted by Gasteiger charge is 2.20. The SMILES string of the molecule is NC(CCc1ccc(OCC2CCCCC2)cc1)C1CCCCC1. The molecule has 1 aromatic carbocycles. The van der Waals surface area contributed by atoms with E-state index in [4.69, 9.17) is 10.5 Å². The van der Waals surface area contributed by atoms with Gasteiger partial charge in [-0.05, 0) is 68.1 Å². The summed E-state index contributed by atoms with van der Waals surface area (Å²) in [6.07, 6.45) is 15.9. The fraction of sp³-hybridized carbons (Fsp3) is 0.727. The van der Waals surface area contributed by atoms with Gasteiger partial charge in [-0.2, -0.15) is 0 Å². The maximum Gasteiger partial charge on any atom is 0.119 e. The lowest BCUT2D eigenvalue weighted by Crippen LogP contribution is -2.32. The molecule has 0 radical (unpaired) electrons. The predicted octanol–water partition coefficient (Wildman–Crippen LogP) is 5.49. The van der Waals surface area contributed by atoms with E-state index in [9.17, 15) is 0 Å². The molecule has 2 saturated carbocycles. The van der Waals surface area contributed by atoms with E-state index in [1.807, 2.05) is 0 Å². The fourth-order valence-electron chi connectivity index (χ4n) is 4.45. The largest absolute Gasteiger partial charge is 0.493 e. The number of rotatable bonds is 7. The van der Waals surface area contributed by atoms with Crippen LogP contribution in [-0.4, -0.2) is 12.6 Å². The van der Waals surface area contributed by atoms with Crippen LogP contribution < -0.4 is 10.5 Å². The van der Waals surface area contributed by atoms with Gasteiger partial charge in [0, 0.05) is 6.04 Å². The van der Waals surface area contributed by atoms with E-state index < -0.39 is 0 Å². The van der Waals surface area contributed by atoms with Crippen LogP contribution in [0.2, 0.25) is 0 Å². The van der Waals surface area contributed by atoms with Crippen molar-refractivity contribution in [1.29, 1.82) is 0 Å². The number of ether oxygens (including phenoxy) is 1. The molecule has 1 atom stereocenters. The zero-order valence-corrected chi connectivity index (χ0v) is 15.2. The summed E-state index contributed by atoms with van der Waals surface area (Å²) in [6.45, 7) is 0.895. The first kappa shape index (κ1) is 17.8. The normalized spacial score (nSPS) is 21.5. The van der Waals surface area contributed by atoms with Crippen molar-refractivity contribution in [2.75, 3.05) is 6.61 Å². The molecule has 134 valence electrons. The minimum Gasteiger partial charge on any atom is -0.493 e. The van der Waals surface area contributed by atoms with Gasteiger partial charge in [-0.25, -0.2) is 0 Å². The second-order valence-electron chi connectivity index (χ2n) is 8.06. The number of aryl methyl sites for hydroxylation is 1. The summed E-state index contributed by atoms with van der Waals surface area (Å²) in [5, 5.41) is 0. The van der Waals surface area contributed by atoms with Gasteiger partial charge >= 0.3 is 0 Å². The third-order valence-corrected chi connectivity index (χ3v) is 6.16. The van der Waals surface area contributed by atoms with Crippen molar-refractivity contribution in [3.05, 3.63) is 29.8 Å².